The van der Waals surface area contributed by atoms with Crippen LogP contribution in [-0.2, 0) is 4.74 Å². The average molecular weight is 234 g/mol. The first-order valence-corrected chi connectivity index (χ1v) is 5.73. The normalized spacial score (nSPS) is 19.5. The first kappa shape index (κ1) is 10.5. The Bertz CT molecular complexity index is 453. The number of hydrogen-bond acceptors (Lipinski definition) is 4. The van der Waals surface area contributed by atoms with Gasteiger partial charge in [0.15, 0.2) is 11.5 Å². The van der Waals surface area contributed by atoms with Gasteiger partial charge in [-0.2, -0.15) is 0 Å². The van der Waals surface area contributed by atoms with E-state index in [9.17, 15) is 5.11 Å². The van der Waals surface area contributed by atoms with E-state index in [0.29, 0.717) is 5.75 Å². The van der Waals surface area contributed by atoms with E-state index in [0.717, 1.165) is 36.3 Å². The number of rotatable bonds is 2. The standard InChI is InChI=1S/C13H14O4/c14-13(10-2-1-5-15-7-10)9-3-4-11-12(6-9)17-8-16-11/h3-4,6-7,13-14H,1-2,5,8H2. The summed E-state index contributed by atoms with van der Waals surface area (Å²) in [4.78, 5) is 0. The summed E-state index contributed by atoms with van der Waals surface area (Å²) < 4.78 is 15.8. The van der Waals surface area contributed by atoms with Crippen LogP contribution in [0.4, 0.5) is 0 Å². The first-order chi connectivity index (χ1) is 8.34. The molecule has 1 unspecified atom stereocenters. The van der Waals surface area contributed by atoms with Gasteiger partial charge in [-0.05, 0) is 36.1 Å². The third-order valence-electron chi connectivity index (χ3n) is 3.03. The third-order valence-corrected chi connectivity index (χ3v) is 3.03. The summed E-state index contributed by atoms with van der Waals surface area (Å²) in [7, 11) is 0. The summed E-state index contributed by atoms with van der Waals surface area (Å²) in [6.45, 7) is 0.984. The van der Waals surface area contributed by atoms with Crippen molar-refractivity contribution < 1.29 is 19.3 Å². The Morgan fingerprint density at radius 2 is 2.06 bits per heavy atom. The molecule has 0 saturated heterocycles. The first-order valence-electron chi connectivity index (χ1n) is 5.73. The smallest absolute Gasteiger partial charge is 0.231 e. The molecule has 0 spiro atoms. The lowest BCUT2D eigenvalue weighted by molar-refractivity contribution is 0.168. The summed E-state index contributed by atoms with van der Waals surface area (Å²) in [6, 6.07) is 5.50. The van der Waals surface area contributed by atoms with E-state index in [-0.39, 0.29) is 6.79 Å². The highest BCUT2D eigenvalue weighted by atomic mass is 16.7. The molecule has 2 aliphatic heterocycles. The number of aliphatic hydroxyl groups excluding tert-OH is 1. The summed E-state index contributed by atoms with van der Waals surface area (Å²) in [5, 5.41) is 10.2. The molecule has 17 heavy (non-hydrogen) atoms. The van der Waals surface area contributed by atoms with Gasteiger partial charge in [0.25, 0.3) is 0 Å². The minimum absolute atomic E-state index is 0.251. The minimum atomic E-state index is -0.621. The summed E-state index contributed by atoms with van der Waals surface area (Å²) in [6.07, 6.45) is 2.87. The van der Waals surface area contributed by atoms with Crippen molar-refractivity contribution in [2.45, 2.75) is 18.9 Å². The van der Waals surface area contributed by atoms with Crippen LogP contribution >= 0.6 is 0 Å². The van der Waals surface area contributed by atoms with E-state index >= 15 is 0 Å². The second-order valence-electron chi connectivity index (χ2n) is 4.18. The lowest BCUT2D eigenvalue weighted by Gasteiger charge is -2.19. The summed E-state index contributed by atoms with van der Waals surface area (Å²) in [5.74, 6) is 1.42. The molecule has 0 aromatic heterocycles. The van der Waals surface area contributed by atoms with Crippen molar-refractivity contribution in [3.8, 4) is 11.5 Å². The Labute approximate surface area is 99.4 Å². The fourth-order valence-electron chi connectivity index (χ4n) is 2.08. The van der Waals surface area contributed by atoms with Crippen molar-refractivity contribution in [2.24, 2.45) is 0 Å². The molecule has 0 radical (unpaired) electrons. The molecule has 0 amide bonds. The quantitative estimate of drug-likeness (QED) is 0.851. The SMILES string of the molecule is OC(C1=COCCC1)c1ccc2c(c1)OCO2. The molecule has 90 valence electrons. The van der Waals surface area contributed by atoms with Crippen LogP contribution in [0.1, 0.15) is 24.5 Å². The second-order valence-corrected chi connectivity index (χ2v) is 4.18. The predicted molar refractivity (Wildman–Crippen MR) is 60.8 cm³/mol. The predicted octanol–water partition coefficient (Wildman–Crippen LogP) is 2.14. The molecule has 0 fully saturated rings. The maximum absolute atomic E-state index is 10.2. The number of hydrogen-bond donors (Lipinski definition) is 1. The average Bonchev–Trinajstić information content (AvgIpc) is 2.86. The van der Waals surface area contributed by atoms with E-state index in [4.69, 9.17) is 14.2 Å². The maximum atomic E-state index is 10.2. The van der Waals surface area contributed by atoms with E-state index < -0.39 is 6.10 Å². The molecule has 2 aliphatic rings. The van der Waals surface area contributed by atoms with Crippen molar-refractivity contribution in [1.82, 2.24) is 0 Å². The number of benzene rings is 1. The van der Waals surface area contributed by atoms with E-state index in [1.54, 1.807) is 6.26 Å². The number of ether oxygens (including phenoxy) is 3. The van der Waals surface area contributed by atoms with Crippen molar-refractivity contribution in [2.75, 3.05) is 13.4 Å². The molecule has 4 heteroatoms. The fourth-order valence-corrected chi connectivity index (χ4v) is 2.08. The Kier molecular flexibility index (Phi) is 2.65. The van der Waals surface area contributed by atoms with Crippen LogP contribution in [0.3, 0.4) is 0 Å². The Hall–Kier alpha value is -1.68. The number of fused-ring (bicyclic) bond motifs is 1. The van der Waals surface area contributed by atoms with Crippen LogP contribution in [0.2, 0.25) is 0 Å². The van der Waals surface area contributed by atoms with Crippen LogP contribution in [0.25, 0.3) is 0 Å². The van der Waals surface area contributed by atoms with Crippen LogP contribution in [0.15, 0.2) is 30.0 Å². The summed E-state index contributed by atoms with van der Waals surface area (Å²) in [5.41, 5.74) is 1.72. The molecular weight excluding hydrogens is 220 g/mol. The molecule has 1 atom stereocenters. The Balaban J connectivity index is 1.86. The van der Waals surface area contributed by atoms with Crippen LogP contribution in [0, 0.1) is 0 Å². The highest BCUT2D eigenvalue weighted by Crippen LogP contribution is 2.36. The van der Waals surface area contributed by atoms with Crippen molar-refractivity contribution in [3.63, 3.8) is 0 Å². The van der Waals surface area contributed by atoms with Gasteiger partial charge < -0.3 is 19.3 Å². The largest absolute Gasteiger partial charge is 0.501 e. The zero-order valence-electron chi connectivity index (χ0n) is 9.39. The van der Waals surface area contributed by atoms with Gasteiger partial charge in [-0.15, -0.1) is 0 Å². The molecular formula is C13H14O4. The zero-order valence-corrected chi connectivity index (χ0v) is 9.39. The highest BCUT2D eigenvalue weighted by Gasteiger charge is 2.20. The molecule has 1 aromatic carbocycles. The van der Waals surface area contributed by atoms with E-state index in [1.165, 1.54) is 0 Å². The Morgan fingerprint density at radius 3 is 2.88 bits per heavy atom. The van der Waals surface area contributed by atoms with Gasteiger partial charge in [0.2, 0.25) is 6.79 Å². The van der Waals surface area contributed by atoms with Gasteiger partial charge in [-0.1, -0.05) is 6.07 Å². The van der Waals surface area contributed by atoms with E-state index in [1.807, 2.05) is 18.2 Å². The van der Waals surface area contributed by atoms with Crippen molar-refractivity contribution >= 4 is 0 Å². The molecule has 2 heterocycles. The van der Waals surface area contributed by atoms with Gasteiger partial charge in [0, 0.05) is 0 Å². The van der Waals surface area contributed by atoms with Crippen LogP contribution < -0.4 is 9.47 Å². The molecule has 3 rings (SSSR count). The van der Waals surface area contributed by atoms with Crippen molar-refractivity contribution in [1.29, 1.82) is 0 Å². The molecule has 1 N–H and O–H groups in total. The van der Waals surface area contributed by atoms with Crippen molar-refractivity contribution in [3.05, 3.63) is 35.6 Å². The second kappa shape index (κ2) is 4.30. The maximum Gasteiger partial charge on any atom is 0.231 e. The van der Waals surface area contributed by atoms with Crippen LogP contribution in [0.5, 0.6) is 11.5 Å². The monoisotopic (exact) mass is 234 g/mol. The molecule has 0 bridgehead atoms. The lowest BCUT2D eigenvalue weighted by atomic mass is 9.98. The molecule has 4 nitrogen and oxygen atoms in total. The Morgan fingerprint density at radius 1 is 1.18 bits per heavy atom. The topological polar surface area (TPSA) is 47.9 Å². The molecule has 1 aromatic rings. The van der Waals surface area contributed by atoms with Gasteiger partial charge in [-0.3, -0.25) is 0 Å². The highest BCUT2D eigenvalue weighted by molar-refractivity contribution is 5.46. The van der Waals surface area contributed by atoms with E-state index in [2.05, 4.69) is 0 Å². The number of aliphatic hydroxyl groups is 1. The molecule has 0 aliphatic carbocycles. The van der Waals surface area contributed by atoms with Crippen LogP contribution in [-0.4, -0.2) is 18.5 Å². The fraction of sp³-hybridized carbons (Fsp3) is 0.385. The van der Waals surface area contributed by atoms with Gasteiger partial charge in [-0.25, -0.2) is 0 Å². The minimum Gasteiger partial charge on any atom is -0.501 e. The zero-order chi connectivity index (χ0) is 11.7. The van der Waals surface area contributed by atoms with Gasteiger partial charge >= 0.3 is 0 Å². The lowest BCUT2D eigenvalue weighted by Crippen LogP contribution is -2.07. The van der Waals surface area contributed by atoms with Gasteiger partial charge in [0.05, 0.1) is 12.9 Å². The summed E-state index contributed by atoms with van der Waals surface area (Å²) >= 11 is 0. The van der Waals surface area contributed by atoms with Gasteiger partial charge in [0.1, 0.15) is 6.10 Å². The third kappa shape index (κ3) is 1.96. The molecule has 0 saturated carbocycles.